The Kier molecular flexibility index (Phi) is 2.92. The summed E-state index contributed by atoms with van der Waals surface area (Å²) < 4.78 is 0. The highest BCUT2D eigenvalue weighted by atomic mass is 16.1. The molecule has 1 aliphatic rings. The van der Waals surface area contributed by atoms with E-state index in [0.29, 0.717) is 0 Å². The maximum atomic E-state index is 12.6. The number of fused-ring (bicyclic) bond motifs is 1. The Labute approximate surface area is 107 Å². The summed E-state index contributed by atoms with van der Waals surface area (Å²) in [5.74, 6) is 0.240. The van der Waals surface area contributed by atoms with Crippen molar-refractivity contribution in [3.63, 3.8) is 0 Å². The number of carbonyl (C=O) groups excluding carboxylic acids is 1. The third-order valence-electron chi connectivity index (χ3n) is 3.77. The molecule has 3 heteroatoms. The number of Topliss-reactive ketones (excluding diaryl/α,β-unsaturated/α-hetero) is 1. The molecule has 18 heavy (non-hydrogen) atoms. The molecule has 2 heterocycles. The first-order chi connectivity index (χ1) is 8.77. The Bertz CT molecular complexity index is 579. The molecule has 1 saturated heterocycles. The highest BCUT2D eigenvalue weighted by Gasteiger charge is 2.25. The van der Waals surface area contributed by atoms with Crippen LogP contribution < -0.4 is 5.32 Å². The molecular formula is C15H18N2O. The maximum Gasteiger partial charge on any atom is 0.182 e. The van der Waals surface area contributed by atoms with Crippen molar-refractivity contribution in [3.05, 3.63) is 35.5 Å². The van der Waals surface area contributed by atoms with E-state index < -0.39 is 0 Å². The quantitative estimate of drug-likeness (QED) is 0.795. The summed E-state index contributed by atoms with van der Waals surface area (Å²) >= 11 is 0. The number of carbonyl (C=O) groups is 1. The molecule has 0 spiro atoms. The maximum absolute atomic E-state index is 12.6. The van der Waals surface area contributed by atoms with E-state index in [-0.39, 0.29) is 11.8 Å². The molecule has 94 valence electrons. The molecule has 1 aromatic heterocycles. The molecule has 0 amide bonds. The van der Waals surface area contributed by atoms with Crippen molar-refractivity contribution in [2.75, 3.05) is 6.54 Å². The minimum absolute atomic E-state index is 0.00310. The van der Waals surface area contributed by atoms with Gasteiger partial charge in [-0.3, -0.25) is 4.79 Å². The third kappa shape index (κ3) is 1.85. The van der Waals surface area contributed by atoms with Crippen molar-refractivity contribution in [2.24, 2.45) is 0 Å². The predicted molar refractivity (Wildman–Crippen MR) is 73.0 cm³/mol. The number of hydrogen-bond donors (Lipinski definition) is 2. The molecule has 2 aromatic rings. The summed E-state index contributed by atoms with van der Waals surface area (Å²) in [6.45, 7) is 2.94. The van der Waals surface area contributed by atoms with Gasteiger partial charge in [-0.25, -0.2) is 0 Å². The number of H-pyrrole nitrogens is 1. The molecule has 0 aliphatic carbocycles. The van der Waals surface area contributed by atoms with Crippen molar-refractivity contribution >= 4 is 16.7 Å². The van der Waals surface area contributed by atoms with Gasteiger partial charge in [-0.2, -0.15) is 0 Å². The Morgan fingerprint density at radius 3 is 2.89 bits per heavy atom. The number of rotatable bonds is 2. The monoisotopic (exact) mass is 242 g/mol. The van der Waals surface area contributed by atoms with Crippen molar-refractivity contribution in [1.82, 2.24) is 10.3 Å². The SMILES string of the molecule is Cc1[nH]c2ccccc2c1C(=O)C1CCCCN1. The van der Waals surface area contributed by atoms with Gasteiger partial charge in [0.1, 0.15) is 0 Å². The van der Waals surface area contributed by atoms with Gasteiger partial charge in [0.15, 0.2) is 5.78 Å². The van der Waals surface area contributed by atoms with Gasteiger partial charge in [0, 0.05) is 22.2 Å². The number of aromatic nitrogens is 1. The molecule has 1 aliphatic heterocycles. The van der Waals surface area contributed by atoms with Crippen molar-refractivity contribution < 1.29 is 4.79 Å². The van der Waals surface area contributed by atoms with Crippen LogP contribution in [-0.2, 0) is 0 Å². The Balaban J connectivity index is 2.02. The molecule has 0 saturated carbocycles. The van der Waals surface area contributed by atoms with Gasteiger partial charge in [0.25, 0.3) is 0 Å². The van der Waals surface area contributed by atoms with E-state index in [2.05, 4.69) is 10.3 Å². The lowest BCUT2D eigenvalue weighted by Gasteiger charge is -2.22. The molecule has 1 atom stereocenters. The number of piperidine rings is 1. The summed E-state index contributed by atoms with van der Waals surface area (Å²) in [5, 5.41) is 4.38. The van der Waals surface area contributed by atoms with Crippen LogP contribution in [0.1, 0.15) is 35.3 Å². The highest BCUT2D eigenvalue weighted by molar-refractivity contribution is 6.11. The summed E-state index contributed by atoms with van der Waals surface area (Å²) in [7, 11) is 0. The lowest BCUT2D eigenvalue weighted by atomic mass is 9.95. The van der Waals surface area contributed by atoms with Crippen LogP contribution in [0.25, 0.3) is 10.9 Å². The van der Waals surface area contributed by atoms with E-state index >= 15 is 0 Å². The molecule has 1 aromatic carbocycles. The fourth-order valence-electron chi connectivity index (χ4n) is 2.84. The molecule has 0 radical (unpaired) electrons. The zero-order valence-electron chi connectivity index (χ0n) is 10.6. The van der Waals surface area contributed by atoms with Gasteiger partial charge < -0.3 is 10.3 Å². The van der Waals surface area contributed by atoms with E-state index in [1.165, 1.54) is 6.42 Å². The van der Waals surface area contributed by atoms with Gasteiger partial charge in [-0.05, 0) is 32.4 Å². The van der Waals surface area contributed by atoms with E-state index in [1.807, 2.05) is 31.2 Å². The molecule has 2 N–H and O–H groups in total. The molecule has 1 fully saturated rings. The van der Waals surface area contributed by atoms with Crippen molar-refractivity contribution in [3.8, 4) is 0 Å². The average molecular weight is 242 g/mol. The van der Waals surface area contributed by atoms with Gasteiger partial charge in [-0.1, -0.05) is 24.6 Å². The van der Waals surface area contributed by atoms with Crippen LogP contribution in [0.2, 0.25) is 0 Å². The number of benzene rings is 1. The standard InChI is InChI=1S/C15H18N2O/c1-10-14(11-6-2-3-7-12(11)17-10)15(18)13-8-4-5-9-16-13/h2-3,6-7,13,16-17H,4-5,8-9H2,1H3. The molecule has 1 unspecified atom stereocenters. The summed E-state index contributed by atoms with van der Waals surface area (Å²) in [6.07, 6.45) is 3.28. The zero-order chi connectivity index (χ0) is 12.5. The first-order valence-electron chi connectivity index (χ1n) is 6.62. The Morgan fingerprint density at radius 1 is 1.28 bits per heavy atom. The number of aryl methyl sites for hydroxylation is 1. The first-order valence-corrected chi connectivity index (χ1v) is 6.62. The van der Waals surface area contributed by atoms with E-state index in [0.717, 1.165) is 41.5 Å². The van der Waals surface area contributed by atoms with Crippen molar-refractivity contribution in [1.29, 1.82) is 0 Å². The predicted octanol–water partition coefficient (Wildman–Crippen LogP) is 2.80. The number of ketones is 1. The Hall–Kier alpha value is -1.61. The second kappa shape index (κ2) is 4.58. The van der Waals surface area contributed by atoms with Gasteiger partial charge in [0.2, 0.25) is 0 Å². The number of para-hydroxylation sites is 1. The zero-order valence-corrected chi connectivity index (χ0v) is 10.6. The van der Waals surface area contributed by atoms with Gasteiger partial charge >= 0.3 is 0 Å². The highest BCUT2D eigenvalue weighted by Crippen LogP contribution is 2.24. The second-order valence-electron chi connectivity index (χ2n) is 5.04. The van der Waals surface area contributed by atoms with Crippen LogP contribution in [0.15, 0.2) is 24.3 Å². The van der Waals surface area contributed by atoms with Crippen LogP contribution in [0.3, 0.4) is 0 Å². The normalized spacial score (nSPS) is 20.2. The van der Waals surface area contributed by atoms with Gasteiger partial charge in [0.05, 0.1) is 6.04 Å². The number of nitrogens with one attached hydrogen (secondary N) is 2. The van der Waals surface area contributed by atoms with E-state index in [4.69, 9.17) is 0 Å². The lowest BCUT2D eigenvalue weighted by molar-refractivity contribution is 0.0928. The van der Waals surface area contributed by atoms with Crippen LogP contribution in [0.5, 0.6) is 0 Å². The number of aromatic amines is 1. The topological polar surface area (TPSA) is 44.9 Å². The minimum atomic E-state index is -0.00310. The summed E-state index contributed by atoms with van der Waals surface area (Å²) in [4.78, 5) is 15.9. The number of hydrogen-bond acceptors (Lipinski definition) is 2. The van der Waals surface area contributed by atoms with Crippen LogP contribution >= 0.6 is 0 Å². The summed E-state index contributed by atoms with van der Waals surface area (Å²) in [5.41, 5.74) is 2.90. The smallest absolute Gasteiger partial charge is 0.182 e. The average Bonchev–Trinajstić information content (AvgIpc) is 2.75. The van der Waals surface area contributed by atoms with Crippen LogP contribution in [-0.4, -0.2) is 23.4 Å². The molecule has 3 rings (SSSR count). The van der Waals surface area contributed by atoms with E-state index in [9.17, 15) is 4.79 Å². The fourth-order valence-corrected chi connectivity index (χ4v) is 2.84. The Morgan fingerprint density at radius 2 is 2.11 bits per heavy atom. The summed E-state index contributed by atoms with van der Waals surface area (Å²) in [6, 6.07) is 8.02. The molecule has 3 nitrogen and oxygen atoms in total. The van der Waals surface area contributed by atoms with Gasteiger partial charge in [-0.15, -0.1) is 0 Å². The molecular weight excluding hydrogens is 224 g/mol. The van der Waals surface area contributed by atoms with E-state index in [1.54, 1.807) is 0 Å². The third-order valence-corrected chi connectivity index (χ3v) is 3.77. The fraction of sp³-hybridized carbons (Fsp3) is 0.400. The van der Waals surface area contributed by atoms with Crippen molar-refractivity contribution in [2.45, 2.75) is 32.2 Å². The lowest BCUT2D eigenvalue weighted by Crippen LogP contribution is -2.40. The molecule has 0 bridgehead atoms. The second-order valence-corrected chi connectivity index (χ2v) is 5.04. The first kappa shape index (κ1) is 11.5. The largest absolute Gasteiger partial charge is 0.358 e. The van der Waals surface area contributed by atoms with Crippen LogP contribution in [0.4, 0.5) is 0 Å². The van der Waals surface area contributed by atoms with Crippen LogP contribution in [0, 0.1) is 6.92 Å². The minimum Gasteiger partial charge on any atom is -0.358 e.